The summed E-state index contributed by atoms with van der Waals surface area (Å²) in [5.74, 6) is -0.492. The van der Waals surface area contributed by atoms with E-state index in [-0.39, 0.29) is 23.8 Å². The smallest absolute Gasteiger partial charge is 0.255 e. The second-order valence-electron chi connectivity index (χ2n) is 5.61. The summed E-state index contributed by atoms with van der Waals surface area (Å²) in [7, 11) is 0. The molecule has 7 heteroatoms. The van der Waals surface area contributed by atoms with Gasteiger partial charge in [0.1, 0.15) is 0 Å². The molecule has 0 bridgehead atoms. The van der Waals surface area contributed by atoms with Gasteiger partial charge in [0.15, 0.2) is 0 Å². The van der Waals surface area contributed by atoms with Crippen molar-refractivity contribution in [3.05, 3.63) is 40.8 Å². The predicted molar refractivity (Wildman–Crippen MR) is 90.8 cm³/mol. The Bertz CT molecular complexity index is 770. The summed E-state index contributed by atoms with van der Waals surface area (Å²) in [5.41, 5.74) is 2.01. The van der Waals surface area contributed by atoms with Gasteiger partial charge in [-0.15, -0.1) is 0 Å². The Kier molecular flexibility index (Phi) is 6.51. The zero-order chi connectivity index (χ0) is 17.4. The summed E-state index contributed by atoms with van der Waals surface area (Å²) in [6.07, 6.45) is 5.33. The van der Waals surface area contributed by atoms with Gasteiger partial charge >= 0.3 is 0 Å². The number of aromatic amines is 1. The van der Waals surface area contributed by atoms with Gasteiger partial charge in [-0.2, -0.15) is 0 Å². The third-order valence-corrected chi connectivity index (χ3v) is 3.74. The van der Waals surface area contributed by atoms with Crippen LogP contribution in [-0.4, -0.2) is 22.0 Å². The Labute approximate surface area is 139 Å². The lowest BCUT2D eigenvalue weighted by Gasteiger charge is -2.06. The van der Waals surface area contributed by atoms with Crippen molar-refractivity contribution < 1.29 is 14.8 Å². The van der Waals surface area contributed by atoms with E-state index in [4.69, 9.17) is 5.21 Å². The molecule has 0 fully saturated rings. The molecule has 0 radical (unpaired) electrons. The Morgan fingerprint density at radius 2 is 1.71 bits per heavy atom. The number of rotatable bonds is 8. The molecule has 7 nitrogen and oxygen atoms in total. The van der Waals surface area contributed by atoms with Crippen LogP contribution in [0.5, 0.6) is 0 Å². The molecule has 0 unspecified atom stereocenters. The first kappa shape index (κ1) is 17.7. The Balaban J connectivity index is 1.75. The van der Waals surface area contributed by atoms with Gasteiger partial charge in [0, 0.05) is 30.1 Å². The molecule has 0 aliphatic rings. The van der Waals surface area contributed by atoms with Crippen molar-refractivity contribution in [2.24, 2.45) is 0 Å². The molecule has 128 valence electrons. The first-order valence-corrected chi connectivity index (χ1v) is 7.94. The monoisotopic (exact) mass is 331 g/mol. The number of aromatic nitrogens is 1. The standard InChI is InChI=1S/C17H21N3O4/c21-15(5-3-1-2-4-6-16(22)20-24)19-13-8-7-12-9-10-18-17(23)14(12)11-13/h7-11,24H,1-6H2,(H,18,23)(H,19,21)(H,20,22). The number of hydrogen-bond acceptors (Lipinski definition) is 4. The van der Waals surface area contributed by atoms with E-state index in [1.54, 1.807) is 35.9 Å². The number of benzene rings is 1. The average molecular weight is 331 g/mol. The molecule has 0 aliphatic carbocycles. The van der Waals surface area contributed by atoms with E-state index in [2.05, 4.69) is 10.3 Å². The number of carbonyl (C=O) groups is 2. The van der Waals surface area contributed by atoms with Crippen molar-refractivity contribution in [3.63, 3.8) is 0 Å². The first-order chi connectivity index (χ1) is 11.6. The van der Waals surface area contributed by atoms with Crippen molar-refractivity contribution in [3.8, 4) is 0 Å². The minimum absolute atomic E-state index is 0.102. The van der Waals surface area contributed by atoms with Crippen LogP contribution < -0.4 is 16.4 Å². The van der Waals surface area contributed by atoms with Gasteiger partial charge in [0.2, 0.25) is 11.8 Å². The number of amides is 2. The fourth-order valence-electron chi connectivity index (χ4n) is 2.46. The van der Waals surface area contributed by atoms with Crippen LogP contribution in [0, 0.1) is 0 Å². The molecule has 2 aromatic rings. The van der Waals surface area contributed by atoms with E-state index in [0.717, 1.165) is 24.6 Å². The largest absolute Gasteiger partial charge is 0.329 e. The van der Waals surface area contributed by atoms with Gasteiger partial charge in [-0.05, 0) is 36.4 Å². The molecule has 4 N–H and O–H groups in total. The van der Waals surface area contributed by atoms with Crippen molar-refractivity contribution in [2.45, 2.75) is 38.5 Å². The van der Waals surface area contributed by atoms with Gasteiger partial charge in [-0.1, -0.05) is 18.9 Å². The molecule has 1 heterocycles. The van der Waals surface area contributed by atoms with Crippen LogP contribution in [0.3, 0.4) is 0 Å². The zero-order valence-electron chi connectivity index (χ0n) is 13.3. The van der Waals surface area contributed by atoms with E-state index in [1.165, 1.54) is 0 Å². The summed E-state index contributed by atoms with van der Waals surface area (Å²) >= 11 is 0. The Morgan fingerprint density at radius 1 is 1.00 bits per heavy atom. The lowest BCUT2D eigenvalue weighted by Crippen LogP contribution is -2.17. The number of unbranched alkanes of at least 4 members (excludes halogenated alkanes) is 3. The molecule has 0 saturated carbocycles. The van der Waals surface area contributed by atoms with Crippen LogP contribution in [0.2, 0.25) is 0 Å². The van der Waals surface area contributed by atoms with Crippen LogP contribution >= 0.6 is 0 Å². The maximum absolute atomic E-state index is 11.9. The second-order valence-corrected chi connectivity index (χ2v) is 5.61. The highest BCUT2D eigenvalue weighted by atomic mass is 16.5. The third kappa shape index (κ3) is 5.20. The predicted octanol–water partition coefficient (Wildman–Crippen LogP) is 2.31. The minimum Gasteiger partial charge on any atom is -0.329 e. The molecular formula is C17H21N3O4. The number of pyridine rings is 1. The maximum Gasteiger partial charge on any atom is 0.255 e. The third-order valence-electron chi connectivity index (χ3n) is 3.74. The number of hydroxylamine groups is 1. The first-order valence-electron chi connectivity index (χ1n) is 7.94. The van der Waals surface area contributed by atoms with Gasteiger partial charge in [-0.25, -0.2) is 5.48 Å². The van der Waals surface area contributed by atoms with Crippen LogP contribution in [0.1, 0.15) is 38.5 Å². The van der Waals surface area contributed by atoms with E-state index in [9.17, 15) is 14.4 Å². The van der Waals surface area contributed by atoms with E-state index < -0.39 is 0 Å². The molecule has 2 amide bonds. The van der Waals surface area contributed by atoms with Crippen molar-refractivity contribution in [1.82, 2.24) is 10.5 Å². The molecule has 24 heavy (non-hydrogen) atoms. The molecule has 0 spiro atoms. The van der Waals surface area contributed by atoms with Crippen LogP contribution in [0.4, 0.5) is 5.69 Å². The quantitative estimate of drug-likeness (QED) is 0.338. The molecule has 1 aromatic carbocycles. The van der Waals surface area contributed by atoms with Crippen LogP contribution in [-0.2, 0) is 9.59 Å². The summed E-state index contributed by atoms with van der Waals surface area (Å²) < 4.78 is 0. The SMILES string of the molecule is O=C(CCCCCCC(=O)Nc1ccc2cc[nH]c(=O)c2c1)NO. The number of nitrogens with one attached hydrogen (secondary N) is 3. The fraction of sp³-hybridized carbons (Fsp3) is 0.353. The van der Waals surface area contributed by atoms with Crippen LogP contribution in [0.25, 0.3) is 10.8 Å². The number of hydrogen-bond donors (Lipinski definition) is 4. The summed E-state index contributed by atoms with van der Waals surface area (Å²) in [4.78, 5) is 37.1. The summed E-state index contributed by atoms with van der Waals surface area (Å²) in [5, 5.41) is 12.5. The second kappa shape index (κ2) is 8.83. The molecule has 0 saturated heterocycles. The lowest BCUT2D eigenvalue weighted by atomic mass is 10.1. The Morgan fingerprint density at radius 3 is 2.42 bits per heavy atom. The zero-order valence-corrected chi connectivity index (χ0v) is 13.3. The minimum atomic E-state index is -0.390. The average Bonchev–Trinajstić information content (AvgIpc) is 2.58. The topological polar surface area (TPSA) is 111 Å². The van der Waals surface area contributed by atoms with Crippen molar-refractivity contribution in [1.29, 1.82) is 0 Å². The molecule has 0 aliphatic heterocycles. The molecule has 0 atom stereocenters. The maximum atomic E-state index is 11.9. The molecule has 2 rings (SSSR count). The van der Waals surface area contributed by atoms with Gasteiger partial charge in [-0.3, -0.25) is 19.6 Å². The van der Waals surface area contributed by atoms with Crippen molar-refractivity contribution in [2.75, 3.05) is 5.32 Å². The van der Waals surface area contributed by atoms with Gasteiger partial charge in [0.05, 0.1) is 0 Å². The fourth-order valence-corrected chi connectivity index (χ4v) is 2.46. The normalized spacial score (nSPS) is 10.5. The Hall–Kier alpha value is -2.67. The van der Waals surface area contributed by atoms with Crippen LogP contribution in [0.15, 0.2) is 35.3 Å². The number of fused-ring (bicyclic) bond motifs is 1. The number of H-pyrrole nitrogens is 1. The number of carbonyl (C=O) groups excluding carboxylic acids is 2. The molecule has 1 aromatic heterocycles. The molecular weight excluding hydrogens is 310 g/mol. The number of anilines is 1. The van der Waals surface area contributed by atoms with E-state index in [1.807, 2.05) is 0 Å². The van der Waals surface area contributed by atoms with E-state index >= 15 is 0 Å². The van der Waals surface area contributed by atoms with Gasteiger partial charge in [0.25, 0.3) is 5.56 Å². The van der Waals surface area contributed by atoms with Crippen molar-refractivity contribution >= 4 is 28.3 Å². The summed E-state index contributed by atoms with van der Waals surface area (Å²) in [6.45, 7) is 0. The summed E-state index contributed by atoms with van der Waals surface area (Å²) in [6, 6.07) is 7.04. The highest BCUT2D eigenvalue weighted by Gasteiger charge is 2.05. The van der Waals surface area contributed by atoms with Gasteiger partial charge < -0.3 is 10.3 Å². The highest BCUT2D eigenvalue weighted by Crippen LogP contribution is 2.16. The van der Waals surface area contributed by atoms with E-state index in [0.29, 0.717) is 23.9 Å². The lowest BCUT2D eigenvalue weighted by molar-refractivity contribution is -0.129. The highest BCUT2D eigenvalue weighted by molar-refractivity contribution is 5.94.